The number of anilines is 2. The lowest BCUT2D eigenvalue weighted by Gasteiger charge is -2.36. The number of aliphatic carboxylic acids is 1. The molecular formula is C30H31ClN2O4. The predicted molar refractivity (Wildman–Crippen MR) is 150 cm³/mol. The van der Waals surface area contributed by atoms with Crippen LogP contribution in [-0.2, 0) is 4.79 Å². The molecular weight excluding hydrogens is 488 g/mol. The predicted octanol–water partition coefficient (Wildman–Crippen LogP) is 6.37. The van der Waals surface area contributed by atoms with E-state index < -0.39 is 5.97 Å². The monoisotopic (exact) mass is 518 g/mol. The maximum absolute atomic E-state index is 10.9. The van der Waals surface area contributed by atoms with Gasteiger partial charge in [0, 0.05) is 17.8 Å². The number of para-hydroxylation sites is 2. The second kappa shape index (κ2) is 12.0. The van der Waals surface area contributed by atoms with E-state index in [-0.39, 0.29) is 31.2 Å². The smallest absolute Gasteiger partial charge is 0.341 e. The molecule has 0 aliphatic carbocycles. The molecule has 0 radical (unpaired) electrons. The van der Waals surface area contributed by atoms with Crippen molar-refractivity contribution < 1.29 is 19.4 Å². The fourth-order valence-corrected chi connectivity index (χ4v) is 4.78. The van der Waals surface area contributed by atoms with Crippen molar-refractivity contribution in [3.05, 3.63) is 96.6 Å². The minimum absolute atomic E-state index is 0. The SMILES string of the molecule is C[C@@H](NCCC1CN(c2cccc(OCC(=O)O)c2)c2ccccc2O1)c1cccc2ccccc12.Cl. The summed E-state index contributed by atoms with van der Waals surface area (Å²) in [5, 5.41) is 15.2. The van der Waals surface area contributed by atoms with E-state index in [2.05, 4.69) is 59.6 Å². The Bertz CT molecular complexity index is 1360. The summed E-state index contributed by atoms with van der Waals surface area (Å²) in [5.41, 5.74) is 3.22. The summed E-state index contributed by atoms with van der Waals surface area (Å²) in [4.78, 5) is 13.1. The molecule has 0 amide bonds. The number of nitrogens with zero attached hydrogens (tertiary/aromatic N) is 1. The summed E-state index contributed by atoms with van der Waals surface area (Å²) in [7, 11) is 0. The van der Waals surface area contributed by atoms with Gasteiger partial charge in [0.05, 0.1) is 12.2 Å². The van der Waals surface area contributed by atoms with Crippen LogP contribution in [-0.4, -0.2) is 36.9 Å². The van der Waals surface area contributed by atoms with Crippen LogP contribution in [0.2, 0.25) is 0 Å². The number of nitrogens with one attached hydrogen (secondary N) is 1. The van der Waals surface area contributed by atoms with Crippen LogP contribution in [0.3, 0.4) is 0 Å². The van der Waals surface area contributed by atoms with Crippen LogP contribution in [0.15, 0.2) is 91.0 Å². The summed E-state index contributed by atoms with van der Waals surface area (Å²) in [6.07, 6.45) is 0.838. The average Bonchev–Trinajstić information content (AvgIpc) is 2.91. The second-order valence-corrected chi connectivity index (χ2v) is 9.03. The van der Waals surface area contributed by atoms with E-state index in [9.17, 15) is 4.79 Å². The van der Waals surface area contributed by atoms with Crippen molar-refractivity contribution >= 4 is 40.5 Å². The Morgan fingerprint density at radius 3 is 2.68 bits per heavy atom. The van der Waals surface area contributed by atoms with Gasteiger partial charge in [-0.1, -0.05) is 60.7 Å². The third kappa shape index (κ3) is 6.16. The highest BCUT2D eigenvalue weighted by molar-refractivity contribution is 5.86. The maximum atomic E-state index is 10.9. The van der Waals surface area contributed by atoms with Crippen LogP contribution in [0.25, 0.3) is 10.8 Å². The lowest BCUT2D eigenvalue weighted by molar-refractivity contribution is -0.139. The minimum atomic E-state index is -0.998. The molecule has 0 aromatic heterocycles. The Labute approximate surface area is 223 Å². The molecule has 4 aromatic rings. The fraction of sp³-hybridized carbons (Fsp3) is 0.233. The first kappa shape index (κ1) is 26.3. The molecule has 0 bridgehead atoms. The summed E-state index contributed by atoms with van der Waals surface area (Å²) in [5.74, 6) is 0.371. The zero-order valence-electron chi connectivity index (χ0n) is 20.7. The number of rotatable bonds is 9. The fourth-order valence-electron chi connectivity index (χ4n) is 4.78. The molecule has 2 N–H and O–H groups in total. The zero-order valence-corrected chi connectivity index (χ0v) is 21.5. The summed E-state index contributed by atoms with van der Waals surface area (Å²) < 4.78 is 11.8. The number of fused-ring (bicyclic) bond motifs is 2. The second-order valence-electron chi connectivity index (χ2n) is 9.03. The largest absolute Gasteiger partial charge is 0.486 e. The highest BCUT2D eigenvalue weighted by Gasteiger charge is 2.26. The van der Waals surface area contributed by atoms with E-state index in [1.54, 1.807) is 6.07 Å². The normalized spacial score (nSPS) is 15.3. The lowest BCUT2D eigenvalue weighted by Crippen LogP contribution is -2.39. The van der Waals surface area contributed by atoms with Gasteiger partial charge >= 0.3 is 5.97 Å². The molecule has 7 heteroatoms. The van der Waals surface area contributed by atoms with Crippen molar-refractivity contribution in [2.75, 3.05) is 24.6 Å². The van der Waals surface area contributed by atoms with Crippen LogP contribution >= 0.6 is 12.4 Å². The molecule has 1 unspecified atom stereocenters. The van der Waals surface area contributed by atoms with Gasteiger partial charge in [-0.2, -0.15) is 0 Å². The number of halogens is 1. The van der Waals surface area contributed by atoms with E-state index in [1.165, 1.54) is 16.3 Å². The number of hydrogen-bond donors (Lipinski definition) is 2. The molecule has 5 rings (SSSR count). The van der Waals surface area contributed by atoms with Gasteiger partial charge in [-0.15, -0.1) is 12.4 Å². The first-order chi connectivity index (χ1) is 17.6. The zero-order chi connectivity index (χ0) is 24.9. The van der Waals surface area contributed by atoms with Gasteiger partial charge in [0.25, 0.3) is 0 Å². The van der Waals surface area contributed by atoms with Gasteiger partial charge in [0.1, 0.15) is 17.6 Å². The molecule has 6 nitrogen and oxygen atoms in total. The summed E-state index contributed by atoms with van der Waals surface area (Å²) >= 11 is 0. The summed E-state index contributed by atoms with van der Waals surface area (Å²) in [6.45, 7) is 3.33. The number of benzene rings is 4. The third-order valence-electron chi connectivity index (χ3n) is 6.53. The molecule has 1 aliphatic heterocycles. The molecule has 0 spiro atoms. The van der Waals surface area contributed by atoms with E-state index in [1.807, 2.05) is 42.5 Å². The van der Waals surface area contributed by atoms with Crippen molar-refractivity contribution in [1.82, 2.24) is 5.32 Å². The Balaban J connectivity index is 0.00000320. The van der Waals surface area contributed by atoms with Crippen molar-refractivity contribution in [2.24, 2.45) is 0 Å². The van der Waals surface area contributed by atoms with E-state index in [0.717, 1.165) is 30.1 Å². The quantitative estimate of drug-likeness (QED) is 0.268. The number of ether oxygens (including phenoxy) is 2. The molecule has 0 saturated carbocycles. The number of carboxylic acids is 1. The van der Waals surface area contributed by atoms with Gasteiger partial charge < -0.3 is 24.8 Å². The highest BCUT2D eigenvalue weighted by Crippen LogP contribution is 2.39. The molecule has 192 valence electrons. The number of hydrogen-bond acceptors (Lipinski definition) is 5. The van der Waals surface area contributed by atoms with Gasteiger partial charge in [0.2, 0.25) is 0 Å². The van der Waals surface area contributed by atoms with Crippen molar-refractivity contribution in [3.8, 4) is 11.5 Å². The van der Waals surface area contributed by atoms with Crippen LogP contribution < -0.4 is 19.7 Å². The molecule has 37 heavy (non-hydrogen) atoms. The van der Waals surface area contributed by atoms with Crippen molar-refractivity contribution in [2.45, 2.75) is 25.5 Å². The highest BCUT2D eigenvalue weighted by atomic mass is 35.5. The third-order valence-corrected chi connectivity index (χ3v) is 6.53. The van der Waals surface area contributed by atoms with Gasteiger partial charge in [-0.05, 0) is 60.5 Å². The lowest BCUT2D eigenvalue weighted by atomic mass is 9.99. The molecule has 0 saturated heterocycles. The topological polar surface area (TPSA) is 71.0 Å². The molecule has 1 heterocycles. The molecule has 4 aromatic carbocycles. The maximum Gasteiger partial charge on any atom is 0.341 e. The Kier molecular flexibility index (Phi) is 8.54. The number of carboxylic acid groups (broad SMARTS) is 1. The Hall–Kier alpha value is -3.74. The van der Waals surface area contributed by atoms with E-state index in [0.29, 0.717) is 12.3 Å². The Morgan fingerprint density at radius 1 is 1.05 bits per heavy atom. The number of carbonyl (C=O) groups is 1. The molecule has 0 fully saturated rings. The molecule has 1 aliphatic rings. The van der Waals surface area contributed by atoms with Gasteiger partial charge in [0.15, 0.2) is 6.61 Å². The van der Waals surface area contributed by atoms with Crippen LogP contribution in [0.1, 0.15) is 24.9 Å². The standard InChI is InChI=1S/C30H30N2O4.ClH/c1-21(26-13-6-9-22-8-2-3-12-27(22)26)31-17-16-25-19-32(28-14-4-5-15-29(28)36-25)23-10-7-11-24(18-23)35-20-30(33)34;/h2-15,18,21,25,31H,16-17,19-20H2,1H3,(H,33,34);1H/t21-,25?;/m1./s1. The van der Waals surface area contributed by atoms with Crippen molar-refractivity contribution in [1.29, 1.82) is 0 Å². The van der Waals surface area contributed by atoms with E-state index in [4.69, 9.17) is 14.6 Å². The van der Waals surface area contributed by atoms with Crippen LogP contribution in [0.5, 0.6) is 11.5 Å². The van der Waals surface area contributed by atoms with Crippen molar-refractivity contribution in [3.63, 3.8) is 0 Å². The van der Waals surface area contributed by atoms with E-state index >= 15 is 0 Å². The minimum Gasteiger partial charge on any atom is -0.486 e. The first-order valence-electron chi connectivity index (χ1n) is 12.3. The van der Waals surface area contributed by atoms with Gasteiger partial charge in [-0.3, -0.25) is 0 Å². The van der Waals surface area contributed by atoms with Gasteiger partial charge in [-0.25, -0.2) is 4.79 Å². The summed E-state index contributed by atoms with van der Waals surface area (Å²) in [6, 6.07) is 30.7. The molecule has 2 atom stereocenters. The average molecular weight is 519 g/mol. The Morgan fingerprint density at radius 2 is 1.81 bits per heavy atom. The van der Waals surface area contributed by atoms with Crippen LogP contribution in [0.4, 0.5) is 11.4 Å². The van der Waals surface area contributed by atoms with Crippen LogP contribution in [0, 0.1) is 0 Å². The first-order valence-corrected chi connectivity index (χ1v) is 12.3.